The molecule has 40 heteroatoms. The van der Waals surface area contributed by atoms with Crippen molar-refractivity contribution in [3.8, 4) is 0 Å². The molecule has 0 bridgehead atoms. The fourth-order valence-corrected chi connectivity index (χ4v) is 14.0. The maximum absolute atomic E-state index is 14.4. The highest BCUT2D eigenvalue weighted by Gasteiger charge is 2.55. The standard InChI is InChI=1S/C36H52N12O24P4/c1-4-5-8-64-26-27(73(55,56)65-11-18-24(51)25(52)33(69-18)46-7-6-20(49)42-36(46)54)19(70-34(26)47-14-41-21-28(37)39-13-40-29(21)47)12-67-75(59,60)72-76(61,62)71-74(57,58)66-10-17-16(9-63-3)23(50)32(68-17)48-15-45(2)22-30(48)43-35(38)44-31(22)53/h6-7,13-19,23-27,32-34,50-52H,4-5,8-12H2,1-3H3,(H9-,37,38,39,40,42,43,44,49,53,54,55,56,57,58,59,60,61,62)/t16-,17-,18-,19-,23-,24-,25-,26-,27-,32-,33-,34-/m1/s1. The Morgan fingerprint density at radius 3 is 2.17 bits per heavy atom. The van der Waals surface area contributed by atoms with E-state index in [4.69, 9.17) is 48.7 Å². The summed E-state index contributed by atoms with van der Waals surface area (Å²) in [4.78, 5) is 104. The van der Waals surface area contributed by atoms with Crippen LogP contribution in [0.3, 0.4) is 0 Å². The van der Waals surface area contributed by atoms with Crippen molar-refractivity contribution in [2.24, 2.45) is 13.0 Å². The summed E-state index contributed by atoms with van der Waals surface area (Å²) in [7, 11) is -20.9. The van der Waals surface area contributed by atoms with Crippen LogP contribution in [0.15, 0.2) is 45.6 Å². The third-order valence-corrected chi connectivity index (χ3v) is 18.3. The second-order valence-corrected chi connectivity index (χ2v) is 23.9. The second kappa shape index (κ2) is 22.6. The molecule has 3 aliphatic rings. The first-order chi connectivity index (χ1) is 35.7. The number of unbranched alkanes of at least 4 members (excludes halogenated alkanes) is 1. The number of nitrogens with two attached hydrogens (primary N) is 2. The Morgan fingerprint density at radius 1 is 0.829 bits per heavy atom. The van der Waals surface area contributed by atoms with E-state index in [1.54, 1.807) is 6.92 Å². The third-order valence-electron chi connectivity index (χ3n) is 12.2. The highest BCUT2D eigenvalue weighted by atomic mass is 31.3. The van der Waals surface area contributed by atoms with Crippen LogP contribution >= 0.6 is 31.1 Å². The summed E-state index contributed by atoms with van der Waals surface area (Å²) < 4.78 is 111. The number of rotatable bonds is 23. The van der Waals surface area contributed by atoms with Crippen LogP contribution in [0.4, 0.5) is 11.8 Å². The van der Waals surface area contributed by atoms with Crippen LogP contribution in [-0.2, 0) is 71.2 Å². The van der Waals surface area contributed by atoms with Crippen molar-refractivity contribution < 1.29 is 104 Å². The average Bonchev–Trinajstić information content (AvgIpc) is 4.16. The van der Waals surface area contributed by atoms with Gasteiger partial charge in [0.25, 0.3) is 17.1 Å². The van der Waals surface area contributed by atoms with Gasteiger partial charge in [0.1, 0.15) is 50.0 Å². The van der Waals surface area contributed by atoms with Gasteiger partial charge in [-0.25, -0.2) is 38.0 Å². The van der Waals surface area contributed by atoms with Gasteiger partial charge in [-0.3, -0.25) is 42.3 Å². The molecule has 0 saturated carbocycles. The average molecular weight is 1160 g/mol. The van der Waals surface area contributed by atoms with Crippen LogP contribution in [0.1, 0.15) is 38.4 Å². The first-order valence-electron chi connectivity index (χ1n) is 22.5. The number of hydrogen-bond donors (Lipinski definition) is 10. The van der Waals surface area contributed by atoms with Crippen molar-refractivity contribution in [1.29, 1.82) is 0 Å². The summed E-state index contributed by atoms with van der Waals surface area (Å²) in [6.45, 7) is -1.94. The van der Waals surface area contributed by atoms with Crippen LogP contribution in [0.5, 0.6) is 0 Å². The van der Waals surface area contributed by atoms with E-state index in [1.807, 2.05) is 4.98 Å². The molecule has 3 saturated heterocycles. The number of H-pyrrole nitrogens is 2. The number of aromatic amines is 2. The summed E-state index contributed by atoms with van der Waals surface area (Å²) in [6.07, 6.45) is -11.0. The summed E-state index contributed by atoms with van der Waals surface area (Å²) in [5, 5.41) is 32.9. The molecule has 3 fully saturated rings. The number of imidazole rings is 2. The van der Waals surface area contributed by atoms with Gasteiger partial charge < -0.3 is 79.1 Å². The summed E-state index contributed by atoms with van der Waals surface area (Å²) in [6, 6.07) is 0.924. The molecule has 4 unspecified atom stereocenters. The number of aliphatic hydroxyl groups excluding tert-OH is 3. The smallest absolute Gasteiger partial charge is 0.490 e. The van der Waals surface area contributed by atoms with E-state index in [9.17, 15) is 67.5 Å². The van der Waals surface area contributed by atoms with Crippen molar-refractivity contribution in [2.45, 2.75) is 86.8 Å². The van der Waals surface area contributed by atoms with E-state index in [0.29, 0.717) is 12.8 Å². The molecule has 0 radical (unpaired) electrons. The van der Waals surface area contributed by atoms with Crippen LogP contribution in [-0.4, -0.2) is 162 Å². The molecule has 76 heavy (non-hydrogen) atoms. The molecular formula is C36H52N12O24P4. The topological polar surface area (TPSA) is 510 Å². The molecule has 12 N–H and O–H groups in total. The number of aromatic nitrogens is 10. The normalized spacial score (nSPS) is 30.1. The van der Waals surface area contributed by atoms with Crippen LogP contribution < -0.4 is 37.7 Å². The Kier molecular flexibility index (Phi) is 17.2. The van der Waals surface area contributed by atoms with Crippen LogP contribution in [0, 0.1) is 5.92 Å². The van der Waals surface area contributed by atoms with E-state index < -0.39 is 141 Å². The number of phosphoric ester groups is 2. The van der Waals surface area contributed by atoms with Gasteiger partial charge in [0.2, 0.25) is 11.7 Å². The number of hydrogen-bond acceptors (Lipinski definition) is 27. The zero-order chi connectivity index (χ0) is 55.2. The lowest BCUT2D eigenvalue weighted by Gasteiger charge is -2.36. The molecule has 420 valence electrons. The van der Waals surface area contributed by atoms with Gasteiger partial charge in [0.15, 0.2) is 30.2 Å². The first-order valence-corrected chi connectivity index (χ1v) is 28.6. The number of fused-ring (bicyclic) bond motifs is 2. The Morgan fingerprint density at radius 2 is 1.50 bits per heavy atom. The summed E-state index contributed by atoms with van der Waals surface area (Å²) >= 11 is 0. The van der Waals surface area contributed by atoms with Crippen molar-refractivity contribution in [2.75, 3.05) is 51.6 Å². The van der Waals surface area contributed by atoms with Crippen LogP contribution in [0.2, 0.25) is 0 Å². The molecule has 3 aliphatic heterocycles. The quantitative estimate of drug-likeness (QED) is 0.0173. The predicted octanol–water partition coefficient (Wildman–Crippen LogP) is -3.37. The zero-order valence-electron chi connectivity index (χ0n) is 39.8. The zero-order valence-corrected chi connectivity index (χ0v) is 43.4. The number of phosphoric acid groups is 3. The summed E-state index contributed by atoms with van der Waals surface area (Å²) in [5.74, 6) is -1.41. The monoisotopic (exact) mass is 1160 g/mol. The van der Waals surface area contributed by atoms with Crippen LogP contribution in [0.25, 0.3) is 22.3 Å². The number of nitrogen functional groups attached to an aromatic ring is 2. The van der Waals surface area contributed by atoms with Gasteiger partial charge in [0.05, 0.1) is 57.7 Å². The van der Waals surface area contributed by atoms with E-state index >= 15 is 0 Å². The largest absolute Gasteiger partial charge is 0.778 e. The number of aryl methyl sites for hydroxylation is 1. The highest BCUT2D eigenvalue weighted by Crippen LogP contribution is 2.68. The van der Waals surface area contributed by atoms with E-state index in [0.717, 1.165) is 29.5 Å². The minimum Gasteiger partial charge on any atom is -0.778 e. The number of anilines is 2. The minimum absolute atomic E-state index is 0.0112. The first kappa shape index (κ1) is 57.6. The molecule has 8 heterocycles. The molecule has 0 aliphatic carbocycles. The number of aliphatic hydroxyl groups is 3. The van der Waals surface area contributed by atoms with Gasteiger partial charge >= 0.3 is 34.8 Å². The van der Waals surface area contributed by atoms with Gasteiger partial charge in [0, 0.05) is 31.9 Å². The maximum Gasteiger partial charge on any atom is 0.490 e. The van der Waals surface area contributed by atoms with E-state index in [-0.39, 0.29) is 47.3 Å². The number of methoxy groups -OCH3 is 1. The SMILES string of the molecule is CCCCO[C@@H]1[C@H](P(=O)([O-])OC[C@H]2O[C@@H](n3ccc(=O)[nH]c3=O)[C@H](O)[C@@H]2O)[C@@H](COP(=O)(O)OP(=O)(O)OP(=O)(O)OC[C@H]2O[C@@H]([n+]3cn(C)c4c(=O)[nH]c(N)nc43)[C@H](O)[C@@H]2COC)O[C@H]1n1cnc2c(N)ncnc21. The molecule has 0 spiro atoms. The third kappa shape index (κ3) is 12.2. The molecular weight excluding hydrogens is 1110 g/mol. The Bertz CT molecular complexity index is 3300. The maximum atomic E-state index is 14.4. The molecule has 0 amide bonds. The lowest BCUT2D eigenvalue weighted by atomic mass is 9.99. The number of nitrogens with one attached hydrogen (secondary N) is 2. The minimum atomic E-state index is -6.21. The van der Waals surface area contributed by atoms with Gasteiger partial charge in [-0.15, -0.1) is 0 Å². The Balaban J connectivity index is 0.982. The molecule has 5 aromatic rings. The molecule has 8 rings (SSSR count). The van der Waals surface area contributed by atoms with Gasteiger partial charge in [-0.05, 0) is 6.42 Å². The number of nitrogens with zero attached hydrogens (tertiary/aromatic N) is 8. The van der Waals surface area contributed by atoms with Crippen molar-refractivity contribution in [3.05, 3.63) is 62.4 Å². The van der Waals surface area contributed by atoms with Crippen molar-refractivity contribution in [1.82, 2.24) is 43.6 Å². The van der Waals surface area contributed by atoms with E-state index in [2.05, 4.69) is 33.5 Å². The van der Waals surface area contributed by atoms with Crippen molar-refractivity contribution >= 4 is 65.2 Å². The molecule has 5 aromatic heterocycles. The molecule has 0 aromatic carbocycles. The molecule has 16 atom stereocenters. The van der Waals surface area contributed by atoms with Crippen molar-refractivity contribution in [3.63, 3.8) is 0 Å². The van der Waals surface area contributed by atoms with Gasteiger partial charge in [-0.2, -0.15) is 8.62 Å². The van der Waals surface area contributed by atoms with E-state index in [1.165, 1.54) is 34.2 Å². The lowest BCUT2D eigenvalue weighted by Crippen LogP contribution is -2.45. The fourth-order valence-electron chi connectivity index (χ4n) is 8.75. The Labute approximate surface area is 425 Å². The highest BCUT2D eigenvalue weighted by molar-refractivity contribution is 7.66. The lowest BCUT2D eigenvalue weighted by molar-refractivity contribution is -0.745. The predicted molar refractivity (Wildman–Crippen MR) is 248 cm³/mol. The second-order valence-electron chi connectivity index (χ2n) is 17.3. The molecule has 36 nitrogen and oxygen atoms in total. The van der Waals surface area contributed by atoms with Gasteiger partial charge in [-0.1, -0.05) is 18.3 Å². The fraction of sp³-hybridized carbons (Fsp3) is 0.611. The number of ether oxygens (including phenoxy) is 5. The summed E-state index contributed by atoms with van der Waals surface area (Å²) in [5.41, 5.74) is 7.22. The Hall–Kier alpha value is -4.58.